The van der Waals surface area contributed by atoms with Crippen LogP contribution in [0.1, 0.15) is 12.5 Å². The van der Waals surface area contributed by atoms with Crippen molar-refractivity contribution in [3.05, 3.63) is 72.6 Å². The number of rotatable bonds is 6. The minimum atomic E-state index is -3.77. The predicted molar refractivity (Wildman–Crippen MR) is 98.3 cm³/mol. The van der Waals surface area contributed by atoms with Gasteiger partial charge in [0.05, 0.1) is 16.9 Å². The summed E-state index contributed by atoms with van der Waals surface area (Å²) in [5.74, 6) is -0.728. The molecule has 0 fully saturated rings. The molecule has 0 aliphatic carbocycles. The van der Waals surface area contributed by atoms with E-state index >= 15 is 0 Å². The highest BCUT2D eigenvalue weighted by Gasteiger charge is 2.14. The number of aromatic nitrogens is 2. The van der Waals surface area contributed by atoms with E-state index in [-0.39, 0.29) is 17.3 Å². The van der Waals surface area contributed by atoms with Crippen LogP contribution in [0.4, 0.5) is 10.1 Å². The van der Waals surface area contributed by atoms with Crippen LogP contribution in [0.3, 0.4) is 0 Å². The number of hydrogen-bond acceptors (Lipinski definition) is 4. The van der Waals surface area contributed by atoms with E-state index in [1.807, 2.05) is 0 Å². The molecule has 1 heterocycles. The fourth-order valence-corrected chi connectivity index (χ4v) is 3.47. The molecule has 2 aromatic carbocycles. The highest BCUT2D eigenvalue weighted by molar-refractivity contribution is 7.89. The number of nitrogens with one attached hydrogen (secondary N) is 2. The van der Waals surface area contributed by atoms with Crippen molar-refractivity contribution in [2.75, 3.05) is 5.32 Å². The first kappa shape index (κ1) is 18.7. The van der Waals surface area contributed by atoms with E-state index in [1.165, 1.54) is 48.1 Å². The van der Waals surface area contributed by atoms with Crippen molar-refractivity contribution in [1.82, 2.24) is 14.3 Å². The number of carbonyl (C=O) groups excluding carboxylic acids is 1. The molecule has 1 aromatic heterocycles. The van der Waals surface area contributed by atoms with Gasteiger partial charge in [-0.2, -0.15) is 0 Å². The van der Waals surface area contributed by atoms with Crippen LogP contribution >= 0.6 is 0 Å². The van der Waals surface area contributed by atoms with Gasteiger partial charge in [0.15, 0.2) is 0 Å². The Morgan fingerprint density at radius 3 is 2.52 bits per heavy atom. The Balaban J connectivity index is 1.70. The number of anilines is 1. The third-order valence-electron chi connectivity index (χ3n) is 3.75. The third-order valence-corrected chi connectivity index (χ3v) is 5.16. The molecule has 9 heteroatoms. The number of carbonyl (C=O) groups is 1. The van der Waals surface area contributed by atoms with E-state index in [2.05, 4.69) is 15.0 Å². The van der Waals surface area contributed by atoms with Gasteiger partial charge in [-0.3, -0.25) is 4.79 Å². The largest absolute Gasteiger partial charge is 0.326 e. The monoisotopic (exact) mass is 388 g/mol. The zero-order valence-electron chi connectivity index (χ0n) is 14.4. The Hall–Kier alpha value is -3.04. The number of halogens is 1. The van der Waals surface area contributed by atoms with E-state index in [4.69, 9.17) is 0 Å². The first-order valence-electron chi connectivity index (χ1n) is 7.99. The topological polar surface area (TPSA) is 93.1 Å². The first-order chi connectivity index (χ1) is 12.8. The van der Waals surface area contributed by atoms with Gasteiger partial charge in [0.25, 0.3) is 0 Å². The van der Waals surface area contributed by atoms with E-state index in [9.17, 15) is 17.6 Å². The number of hydrogen-bond donors (Lipinski definition) is 2. The van der Waals surface area contributed by atoms with Gasteiger partial charge in [-0.25, -0.2) is 22.5 Å². The van der Waals surface area contributed by atoms with Gasteiger partial charge < -0.3 is 9.88 Å². The lowest BCUT2D eigenvalue weighted by molar-refractivity contribution is -0.114. The van der Waals surface area contributed by atoms with Gasteiger partial charge in [-0.1, -0.05) is 6.07 Å². The molecule has 0 aliphatic heterocycles. The van der Waals surface area contributed by atoms with Crippen LogP contribution in [-0.2, 0) is 21.4 Å². The van der Waals surface area contributed by atoms with Crippen molar-refractivity contribution in [2.24, 2.45) is 0 Å². The highest BCUT2D eigenvalue weighted by Crippen LogP contribution is 2.17. The summed E-state index contributed by atoms with van der Waals surface area (Å²) >= 11 is 0. The fraction of sp³-hybridized carbons (Fsp3) is 0.111. The Kier molecular flexibility index (Phi) is 5.33. The van der Waals surface area contributed by atoms with Gasteiger partial charge in [-0.05, 0) is 42.0 Å². The second-order valence-electron chi connectivity index (χ2n) is 5.79. The van der Waals surface area contributed by atoms with Crippen molar-refractivity contribution >= 4 is 21.6 Å². The number of imidazole rings is 1. The lowest BCUT2D eigenvalue weighted by Gasteiger charge is -2.10. The van der Waals surface area contributed by atoms with E-state index in [0.717, 1.165) is 0 Å². The Morgan fingerprint density at radius 1 is 1.19 bits per heavy atom. The molecule has 7 nitrogen and oxygen atoms in total. The highest BCUT2D eigenvalue weighted by atomic mass is 32.2. The Morgan fingerprint density at radius 2 is 1.93 bits per heavy atom. The molecule has 0 spiro atoms. The summed E-state index contributed by atoms with van der Waals surface area (Å²) in [6.07, 6.45) is 4.63. The Labute approximate surface area is 155 Å². The normalized spacial score (nSPS) is 11.3. The lowest BCUT2D eigenvalue weighted by atomic mass is 10.2. The second kappa shape index (κ2) is 7.68. The molecule has 3 rings (SSSR count). The van der Waals surface area contributed by atoms with Gasteiger partial charge >= 0.3 is 0 Å². The van der Waals surface area contributed by atoms with Gasteiger partial charge in [-0.15, -0.1) is 0 Å². The summed E-state index contributed by atoms with van der Waals surface area (Å²) in [6, 6.07) is 10.2. The second-order valence-corrected chi connectivity index (χ2v) is 7.55. The summed E-state index contributed by atoms with van der Waals surface area (Å²) in [4.78, 5) is 14.9. The summed E-state index contributed by atoms with van der Waals surface area (Å²) in [6.45, 7) is 1.31. The molecule has 0 saturated carbocycles. The summed E-state index contributed by atoms with van der Waals surface area (Å²) in [5, 5.41) is 2.56. The number of amides is 1. The molecular weight excluding hydrogens is 371 g/mol. The van der Waals surface area contributed by atoms with Crippen molar-refractivity contribution < 1.29 is 17.6 Å². The molecule has 0 atom stereocenters. The maximum absolute atomic E-state index is 14.2. The average Bonchev–Trinajstić information content (AvgIpc) is 3.14. The summed E-state index contributed by atoms with van der Waals surface area (Å²) in [7, 11) is -3.77. The molecule has 3 aromatic rings. The zero-order valence-corrected chi connectivity index (χ0v) is 15.2. The molecule has 0 unspecified atom stereocenters. The smallest absolute Gasteiger partial charge is 0.240 e. The zero-order chi connectivity index (χ0) is 19.4. The third kappa shape index (κ3) is 4.57. The predicted octanol–water partition coefficient (Wildman–Crippen LogP) is 2.45. The van der Waals surface area contributed by atoms with E-state index in [0.29, 0.717) is 16.9 Å². The van der Waals surface area contributed by atoms with Crippen molar-refractivity contribution in [3.63, 3.8) is 0 Å². The van der Waals surface area contributed by atoms with Crippen molar-refractivity contribution in [2.45, 2.75) is 18.4 Å². The van der Waals surface area contributed by atoms with Gasteiger partial charge in [0.1, 0.15) is 5.82 Å². The van der Waals surface area contributed by atoms with Gasteiger partial charge in [0, 0.05) is 31.5 Å². The van der Waals surface area contributed by atoms with Crippen LogP contribution in [0.15, 0.2) is 66.1 Å². The molecule has 0 aliphatic rings. The maximum Gasteiger partial charge on any atom is 0.240 e. The summed E-state index contributed by atoms with van der Waals surface area (Å²) in [5.41, 5.74) is 1.31. The van der Waals surface area contributed by atoms with E-state index < -0.39 is 15.8 Å². The molecule has 0 radical (unpaired) electrons. The SMILES string of the molecule is CC(=O)Nc1ccc(S(=O)(=O)NCc2ccc(-n3ccnc3)c(F)c2)cc1. The molecular formula is C18H17FN4O3S. The van der Waals surface area contributed by atoms with Gasteiger partial charge in [0.2, 0.25) is 15.9 Å². The summed E-state index contributed by atoms with van der Waals surface area (Å²) < 4.78 is 43.0. The molecule has 2 N–H and O–H groups in total. The van der Waals surface area contributed by atoms with Crippen LogP contribution in [0, 0.1) is 5.82 Å². The van der Waals surface area contributed by atoms with E-state index in [1.54, 1.807) is 24.5 Å². The van der Waals surface area contributed by atoms with Crippen molar-refractivity contribution in [1.29, 1.82) is 0 Å². The molecule has 140 valence electrons. The standard InChI is InChI=1S/C18H17FN4O3S/c1-13(24)22-15-3-5-16(6-4-15)27(25,26)21-11-14-2-7-18(17(19)10-14)23-9-8-20-12-23/h2-10,12,21H,11H2,1H3,(H,22,24). The number of benzene rings is 2. The van der Waals surface area contributed by atoms with Crippen molar-refractivity contribution in [3.8, 4) is 5.69 Å². The van der Waals surface area contributed by atoms with Crippen LogP contribution < -0.4 is 10.0 Å². The molecule has 0 saturated heterocycles. The van der Waals surface area contributed by atoms with Crippen LogP contribution in [0.25, 0.3) is 5.69 Å². The quantitative estimate of drug-likeness (QED) is 0.678. The average molecular weight is 388 g/mol. The minimum Gasteiger partial charge on any atom is -0.326 e. The Bertz CT molecular complexity index is 1050. The minimum absolute atomic E-state index is 0.0482. The number of nitrogens with zero attached hydrogens (tertiary/aromatic N) is 2. The fourth-order valence-electron chi connectivity index (χ4n) is 2.45. The molecule has 27 heavy (non-hydrogen) atoms. The molecule has 1 amide bonds. The number of sulfonamides is 1. The van der Waals surface area contributed by atoms with Crippen LogP contribution in [0.2, 0.25) is 0 Å². The first-order valence-corrected chi connectivity index (χ1v) is 9.47. The van der Waals surface area contributed by atoms with Crippen LogP contribution in [0.5, 0.6) is 0 Å². The lowest BCUT2D eigenvalue weighted by Crippen LogP contribution is -2.23. The maximum atomic E-state index is 14.2. The molecule has 0 bridgehead atoms. The van der Waals surface area contributed by atoms with Crippen LogP contribution in [-0.4, -0.2) is 23.9 Å².